The van der Waals surface area contributed by atoms with Crippen molar-refractivity contribution in [3.63, 3.8) is 0 Å². The summed E-state index contributed by atoms with van der Waals surface area (Å²) in [6, 6.07) is 14.0. The fourth-order valence-corrected chi connectivity index (χ4v) is 3.55. The second kappa shape index (κ2) is 10.4. The summed E-state index contributed by atoms with van der Waals surface area (Å²) >= 11 is 3.51. The number of aromatic amines is 1. The SMILES string of the molecule is CCNCC.CCc1nc(Nc2cccc(Br)c2)c2c(n1)[nH]c1ccc(OC)cc12. The third kappa shape index (κ3) is 5.09. The van der Waals surface area contributed by atoms with Crippen LogP contribution in [0.1, 0.15) is 26.6 Å². The summed E-state index contributed by atoms with van der Waals surface area (Å²) in [5.41, 5.74) is 2.80. The number of ether oxygens (including phenoxy) is 1. The van der Waals surface area contributed by atoms with Crippen LogP contribution in [-0.4, -0.2) is 35.2 Å². The van der Waals surface area contributed by atoms with Gasteiger partial charge >= 0.3 is 0 Å². The Balaban J connectivity index is 0.000000461. The molecule has 4 rings (SSSR count). The highest BCUT2D eigenvalue weighted by atomic mass is 79.9. The van der Waals surface area contributed by atoms with Gasteiger partial charge in [-0.2, -0.15) is 0 Å². The fourth-order valence-electron chi connectivity index (χ4n) is 3.15. The molecule has 7 heteroatoms. The molecule has 0 saturated carbocycles. The summed E-state index contributed by atoms with van der Waals surface area (Å²) in [7, 11) is 1.67. The molecule has 0 aliphatic carbocycles. The van der Waals surface area contributed by atoms with Gasteiger partial charge in [-0.05, 0) is 49.5 Å². The molecule has 0 fully saturated rings. The molecule has 4 aromatic rings. The van der Waals surface area contributed by atoms with Crippen molar-refractivity contribution in [2.45, 2.75) is 27.2 Å². The van der Waals surface area contributed by atoms with Crippen LogP contribution in [0.4, 0.5) is 11.5 Å². The van der Waals surface area contributed by atoms with Crippen LogP contribution in [0.3, 0.4) is 0 Å². The van der Waals surface area contributed by atoms with E-state index in [0.29, 0.717) is 0 Å². The van der Waals surface area contributed by atoms with Crippen LogP contribution in [0.25, 0.3) is 21.9 Å². The Hall–Kier alpha value is -2.64. The van der Waals surface area contributed by atoms with Gasteiger partial charge in [-0.1, -0.05) is 42.8 Å². The van der Waals surface area contributed by atoms with Gasteiger partial charge in [0, 0.05) is 27.5 Å². The zero-order chi connectivity index (χ0) is 21.5. The molecule has 0 unspecified atom stereocenters. The fraction of sp³-hybridized carbons (Fsp3) is 0.304. The maximum absolute atomic E-state index is 5.38. The van der Waals surface area contributed by atoms with Crippen molar-refractivity contribution in [3.05, 3.63) is 52.8 Å². The Bertz CT molecular complexity index is 1120. The van der Waals surface area contributed by atoms with Crippen LogP contribution in [-0.2, 0) is 6.42 Å². The Labute approximate surface area is 185 Å². The lowest BCUT2D eigenvalue weighted by molar-refractivity contribution is 0.415. The predicted molar refractivity (Wildman–Crippen MR) is 129 cm³/mol. The Morgan fingerprint density at radius 3 is 2.47 bits per heavy atom. The average Bonchev–Trinajstić information content (AvgIpc) is 3.12. The molecule has 0 amide bonds. The van der Waals surface area contributed by atoms with E-state index in [1.54, 1.807) is 7.11 Å². The highest BCUT2D eigenvalue weighted by Gasteiger charge is 2.14. The molecule has 0 bridgehead atoms. The van der Waals surface area contributed by atoms with E-state index in [2.05, 4.69) is 57.3 Å². The number of hydrogen-bond acceptors (Lipinski definition) is 5. The molecule has 0 radical (unpaired) electrons. The number of halogens is 1. The van der Waals surface area contributed by atoms with E-state index in [-0.39, 0.29) is 0 Å². The summed E-state index contributed by atoms with van der Waals surface area (Å²) < 4.78 is 6.39. The molecule has 0 saturated heterocycles. The molecule has 2 heterocycles. The number of methoxy groups -OCH3 is 1. The van der Waals surface area contributed by atoms with Gasteiger partial charge in [-0.3, -0.25) is 0 Å². The van der Waals surface area contributed by atoms with Gasteiger partial charge in [0.05, 0.1) is 12.5 Å². The highest BCUT2D eigenvalue weighted by molar-refractivity contribution is 9.10. The van der Waals surface area contributed by atoms with Crippen LogP contribution in [0, 0.1) is 0 Å². The van der Waals surface area contributed by atoms with E-state index >= 15 is 0 Å². The molecule has 0 aliphatic rings. The Morgan fingerprint density at radius 1 is 1.03 bits per heavy atom. The lowest BCUT2D eigenvalue weighted by atomic mass is 10.2. The van der Waals surface area contributed by atoms with Crippen molar-refractivity contribution in [3.8, 4) is 5.75 Å². The zero-order valence-electron chi connectivity index (χ0n) is 17.8. The zero-order valence-corrected chi connectivity index (χ0v) is 19.4. The third-order valence-electron chi connectivity index (χ3n) is 4.61. The topological polar surface area (TPSA) is 74.9 Å². The summed E-state index contributed by atoms with van der Waals surface area (Å²) in [6.45, 7) is 8.44. The van der Waals surface area contributed by atoms with E-state index in [1.165, 1.54) is 0 Å². The Morgan fingerprint density at radius 2 is 1.83 bits per heavy atom. The van der Waals surface area contributed by atoms with Gasteiger partial charge in [0.25, 0.3) is 0 Å². The minimum absolute atomic E-state index is 0.766. The maximum atomic E-state index is 5.38. The van der Waals surface area contributed by atoms with Crippen molar-refractivity contribution >= 4 is 49.4 Å². The molecule has 158 valence electrons. The van der Waals surface area contributed by atoms with Crippen molar-refractivity contribution in [1.29, 1.82) is 0 Å². The normalized spacial score (nSPS) is 10.7. The average molecular weight is 470 g/mol. The summed E-state index contributed by atoms with van der Waals surface area (Å²) in [5.74, 6) is 2.39. The van der Waals surface area contributed by atoms with Gasteiger partial charge in [-0.15, -0.1) is 0 Å². The van der Waals surface area contributed by atoms with E-state index < -0.39 is 0 Å². The standard InChI is InChI=1S/C19H17BrN4O.C4H11N/c1-3-16-23-18(21-12-6-4-5-11(20)9-12)17-14-10-13(25-2)7-8-15(14)22-19(17)24-16;1-3-5-4-2/h4-10H,3H2,1-2H3,(H2,21,22,23,24);5H,3-4H2,1-2H3. The van der Waals surface area contributed by atoms with Crippen LogP contribution in [0.15, 0.2) is 46.9 Å². The number of aromatic nitrogens is 3. The lowest BCUT2D eigenvalue weighted by Crippen LogP contribution is -2.09. The van der Waals surface area contributed by atoms with Gasteiger partial charge in [-0.25, -0.2) is 9.97 Å². The number of benzene rings is 2. The van der Waals surface area contributed by atoms with Crippen LogP contribution < -0.4 is 15.4 Å². The number of aryl methyl sites for hydroxylation is 1. The first kappa shape index (κ1) is 22.1. The molecule has 0 aliphatic heterocycles. The summed E-state index contributed by atoms with van der Waals surface area (Å²) in [5, 5.41) is 8.55. The number of fused-ring (bicyclic) bond motifs is 3. The van der Waals surface area contributed by atoms with Crippen LogP contribution >= 0.6 is 15.9 Å². The summed E-state index contributed by atoms with van der Waals surface area (Å²) in [6.07, 6.45) is 0.766. The first-order valence-corrected chi connectivity index (χ1v) is 11.0. The van der Waals surface area contributed by atoms with Crippen molar-refractivity contribution < 1.29 is 4.74 Å². The minimum atomic E-state index is 0.766. The number of nitrogens with zero attached hydrogens (tertiary/aromatic N) is 2. The summed E-state index contributed by atoms with van der Waals surface area (Å²) in [4.78, 5) is 12.8. The van der Waals surface area contributed by atoms with E-state index in [1.807, 2.05) is 42.5 Å². The quantitative estimate of drug-likeness (QED) is 0.332. The van der Waals surface area contributed by atoms with Crippen molar-refractivity contribution in [1.82, 2.24) is 20.3 Å². The molecule has 2 aromatic carbocycles. The van der Waals surface area contributed by atoms with Gasteiger partial charge in [0.1, 0.15) is 23.0 Å². The monoisotopic (exact) mass is 469 g/mol. The molecule has 3 N–H and O–H groups in total. The van der Waals surface area contributed by atoms with Crippen LogP contribution in [0.2, 0.25) is 0 Å². The van der Waals surface area contributed by atoms with Crippen LogP contribution in [0.5, 0.6) is 5.75 Å². The first-order valence-electron chi connectivity index (χ1n) is 10.2. The molecular weight excluding hydrogens is 442 g/mol. The van der Waals surface area contributed by atoms with E-state index in [4.69, 9.17) is 9.72 Å². The molecule has 6 nitrogen and oxygen atoms in total. The second-order valence-electron chi connectivity index (χ2n) is 6.69. The molecule has 0 atom stereocenters. The lowest BCUT2D eigenvalue weighted by Gasteiger charge is -2.09. The highest BCUT2D eigenvalue weighted by Crippen LogP contribution is 2.33. The third-order valence-corrected chi connectivity index (χ3v) is 5.10. The first-order chi connectivity index (χ1) is 14.6. The number of anilines is 2. The maximum Gasteiger partial charge on any atom is 0.144 e. The van der Waals surface area contributed by atoms with Crippen molar-refractivity contribution in [2.24, 2.45) is 0 Å². The number of hydrogen-bond donors (Lipinski definition) is 3. The second-order valence-corrected chi connectivity index (χ2v) is 7.61. The minimum Gasteiger partial charge on any atom is -0.497 e. The molecule has 30 heavy (non-hydrogen) atoms. The van der Waals surface area contributed by atoms with Gasteiger partial charge < -0.3 is 20.4 Å². The van der Waals surface area contributed by atoms with Gasteiger partial charge in [0.15, 0.2) is 0 Å². The number of nitrogens with one attached hydrogen (secondary N) is 3. The smallest absolute Gasteiger partial charge is 0.144 e. The number of rotatable bonds is 6. The van der Waals surface area contributed by atoms with Gasteiger partial charge in [0.2, 0.25) is 0 Å². The predicted octanol–water partition coefficient (Wildman–Crippen LogP) is 5.80. The molecular formula is C23H28BrN5O. The molecule has 2 aromatic heterocycles. The van der Waals surface area contributed by atoms with E-state index in [9.17, 15) is 0 Å². The largest absolute Gasteiger partial charge is 0.497 e. The van der Waals surface area contributed by atoms with E-state index in [0.717, 1.165) is 69.0 Å². The Kier molecular flexibility index (Phi) is 7.65. The number of H-pyrrole nitrogens is 1. The van der Waals surface area contributed by atoms with Crippen molar-refractivity contribution in [2.75, 3.05) is 25.5 Å². The molecule has 0 spiro atoms.